The number of carbonyl (C=O) groups is 2. The van der Waals surface area contributed by atoms with Gasteiger partial charge < -0.3 is 9.80 Å². The third-order valence-corrected chi connectivity index (χ3v) is 7.86. The standard InChI is InChI=1S/C22H22N4O4S2/c27-21(24-12-14-25(15-13-24)22(28)20-7-4-16-31-20)17-26(18-8-10-23-11-9-18)32(29,30)19-5-2-1-3-6-19/h1-11,16H,12-15,17H2. The van der Waals surface area contributed by atoms with Crippen molar-refractivity contribution in [3.8, 4) is 0 Å². The van der Waals surface area contributed by atoms with E-state index in [0.29, 0.717) is 36.7 Å². The van der Waals surface area contributed by atoms with Gasteiger partial charge in [0.25, 0.3) is 15.9 Å². The predicted octanol–water partition coefficient (Wildman–Crippen LogP) is 2.32. The number of anilines is 1. The van der Waals surface area contributed by atoms with E-state index in [2.05, 4.69) is 4.98 Å². The van der Waals surface area contributed by atoms with Crippen LogP contribution in [0.25, 0.3) is 0 Å². The van der Waals surface area contributed by atoms with Crippen molar-refractivity contribution in [1.29, 1.82) is 0 Å². The van der Waals surface area contributed by atoms with Gasteiger partial charge in [0.15, 0.2) is 0 Å². The molecule has 10 heteroatoms. The average molecular weight is 471 g/mol. The van der Waals surface area contributed by atoms with E-state index in [9.17, 15) is 18.0 Å². The second-order valence-electron chi connectivity index (χ2n) is 7.18. The Balaban J connectivity index is 1.48. The maximum atomic E-state index is 13.3. The number of hydrogen-bond donors (Lipinski definition) is 0. The van der Waals surface area contributed by atoms with Crippen LogP contribution in [0.2, 0.25) is 0 Å². The Morgan fingerprint density at radius 1 is 0.906 bits per heavy atom. The Labute approximate surface area is 190 Å². The van der Waals surface area contributed by atoms with E-state index in [4.69, 9.17) is 0 Å². The monoisotopic (exact) mass is 470 g/mol. The number of sulfonamides is 1. The Morgan fingerprint density at radius 2 is 1.56 bits per heavy atom. The zero-order chi connectivity index (χ0) is 22.6. The molecule has 1 fully saturated rings. The highest BCUT2D eigenvalue weighted by Crippen LogP contribution is 2.23. The second-order valence-corrected chi connectivity index (χ2v) is 9.99. The van der Waals surface area contributed by atoms with E-state index in [-0.39, 0.29) is 23.3 Å². The lowest BCUT2D eigenvalue weighted by Gasteiger charge is -2.35. The van der Waals surface area contributed by atoms with Crippen LogP contribution < -0.4 is 4.31 Å². The Hall–Kier alpha value is -3.24. The third-order valence-electron chi connectivity index (χ3n) is 5.21. The van der Waals surface area contributed by atoms with E-state index in [1.54, 1.807) is 46.2 Å². The Bertz CT molecular complexity index is 1160. The van der Waals surface area contributed by atoms with Crippen molar-refractivity contribution in [2.75, 3.05) is 37.0 Å². The summed E-state index contributed by atoms with van der Waals surface area (Å²) in [5, 5.41) is 1.86. The predicted molar refractivity (Wildman–Crippen MR) is 122 cm³/mol. The van der Waals surface area contributed by atoms with Crippen LogP contribution >= 0.6 is 11.3 Å². The molecule has 1 aromatic carbocycles. The molecule has 1 aliphatic heterocycles. The fourth-order valence-electron chi connectivity index (χ4n) is 3.48. The van der Waals surface area contributed by atoms with Gasteiger partial charge in [-0.15, -0.1) is 11.3 Å². The lowest BCUT2D eigenvalue weighted by molar-refractivity contribution is -0.131. The van der Waals surface area contributed by atoms with Crippen LogP contribution in [0.5, 0.6) is 0 Å². The number of amides is 2. The van der Waals surface area contributed by atoms with Crippen LogP contribution in [-0.4, -0.2) is 67.7 Å². The van der Waals surface area contributed by atoms with Crippen LogP contribution in [0.3, 0.4) is 0 Å². The van der Waals surface area contributed by atoms with E-state index in [0.717, 1.165) is 4.31 Å². The number of thiophene rings is 1. The molecule has 8 nitrogen and oxygen atoms in total. The van der Waals surface area contributed by atoms with Gasteiger partial charge >= 0.3 is 0 Å². The summed E-state index contributed by atoms with van der Waals surface area (Å²) in [5.41, 5.74) is 0.365. The first-order valence-corrected chi connectivity index (χ1v) is 12.4. The molecule has 0 atom stereocenters. The summed E-state index contributed by atoms with van der Waals surface area (Å²) in [6.07, 6.45) is 2.98. The average Bonchev–Trinajstić information content (AvgIpc) is 3.38. The molecule has 0 N–H and O–H groups in total. The van der Waals surface area contributed by atoms with Crippen molar-refractivity contribution in [3.05, 3.63) is 77.2 Å². The molecule has 2 amide bonds. The van der Waals surface area contributed by atoms with Gasteiger partial charge in [0.1, 0.15) is 6.54 Å². The lowest BCUT2D eigenvalue weighted by atomic mass is 10.3. The Morgan fingerprint density at radius 3 is 2.19 bits per heavy atom. The van der Waals surface area contributed by atoms with Gasteiger partial charge in [-0.2, -0.15) is 0 Å². The lowest BCUT2D eigenvalue weighted by Crippen LogP contribution is -2.53. The molecule has 0 aliphatic carbocycles. The number of hydrogen-bond acceptors (Lipinski definition) is 6. The number of aromatic nitrogens is 1. The van der Waals surface area contributed by atoms with Crippen molar-refractivity contribution in [2.24, 2.45) is 0 Å². The molecule has 0 saturated carbocycles. The quantitative estimate of drug-likeness (QED) is 0.552. The molecule has 4 rings (SSSR count). The number of piperazine rings is 1. The highest BCUT2D eigenvalue weighted by Gasteiger charge is 2.31. The first kappa shape index (κ1) is 22.0. The van der Waals surface area contributed by atoms with Crippen molar-refractivity contribution >= 4 is 38.9 Å². The molecule has 3 aromatic rings. The molecular formula is C22H22N4O4S2. The van der Waals surface area contributed by atoms with Crippen LogP contribution in [-0.2, 0) is 14.8 Å². The van der Waals surface area contributed by atoms with Crippen LogP contribution in [0.4, 0.5) is 5.69 Å². The maximum absolute atomic E-state index is 13.3. The SMILES string of the molecule is O=C(CN(c1ccncc1)S(=O)(=O)c1ccccc1)N1CCN(C(=O)c2cccs2)CC1. The summed E-state index contributed by atoms with van der Waals surface area (Å²) in [4.78, 5) is 33.6. The van der Waals surface area contributed by atoms with Crippen molar-refractivity contribution in [1.82, 2.24) is 14.8 Å². The minimum atomic E-state index is -3.95. The molecule has 166 valence electrons. The highest BCUT2D eigenvalue weighted by atomic mass is 32.2. The minimum Gasteiger partial charge on any atom is -0.338 e. The highest BCUT2D eigenvalue weighted by molar-refractivity contribution is 7.92. The van der Waals surface area contributed by atoms with E-state index in [1.807, 2.05) is 11.4 Å². The summed E-state index contributed by atoms with van der Waals surface area (Å²) in [6.45, 7) is 1.18. The molecule has 1 saturated heterocycles. The van der Waals surface area contributed by atoms with Gasteiger partial charge in [0.2, 0.25) is 5.91 Å². The first-order valence-electron chi connectivity index (χ1n) is 10.1. The summed E-state index contributed by atoms with van der Waals surface area (Å²) < 4.78 is 27.7. The van der Waals surface area contributed by atoms with Crippen LogP contribution in [0.1, 0.15) is 9.67 Å². The molecule has 32 heavy (non-hydrogen) atoms. The summed E-state index contributed by atoms with van der Waals surface area (Å²) in [5.74, 6) is -0.360. The van der Waals surface area contributed by atoms with Gasteiger partial charge in [0, 0.05) is 38.6 Å². The summed E-state index contributed by atoms with van der Waals surface area (Å²) in [7, 11) is -3.95. The zero-order valence-electron chi connectivity index (χ0n) is 17.2. The van der Waals surface area contributed by atoms with Crippen LogP contribution in [0, 0.1) is 0 Å². The topological polar surface area (TPSA) is 90.9 Å². The number of nitrogens with zero attached hydrogens (tertiary/aromatic N) is 4. The molecule has 1 aliphatic rings. The largest absolute Gasteiger partial charge is 0.338 e. The number of rotatable bonds is 6. The van der Waals surface area contributed by atoms with Gasteiger partial charge in [-0.3, -0.25) is 18.9 Å². The molecule has 0 radical (unpaired) electrons. The van der Waals surface area contributed by atoms with Gasteiger partial charge in [-0.05, 0) is 35.7 Å². The normalized spacial score (nSPS) is 14.2. The van der Waals surface area contributed by atoms with Crippen LogP contribution in [0.15, 0.2) is 77.3 Å². The molecule has 2 aromatic heterocycles. The molecule has 0 spiro atoms. The van der Waals surface area contributed by atoms with E-state index >= 15 is 0 Å². The molecule has 0 unspecified atom stereocenters. The fourth-order valence-corrected chi connectivity index (χ4v) is 5.61. The first-order chi connectivity index (χ1) is 15.5. The zero-order valence-corrected chi connectivity index (χ0v) is 18.8. The van der Waals surface area contributed by atoms with E-state index in [1.165, 1.54) is 35.9 Å². The molecule has 0 bridgehead atoms. The second kappa shape index (κ2) is 9.49. The Kier molecular flexibility index (Phi) is 6.52. The smallest absolute Gasteiger partial charge is 0.264 e. The van der Waals surface area contributed by atoms with E-state index < -0.39 is 10.0 Å². The summed E-state index contributed by atoms with van der Waals surface area (Å²) in [6, 6.07) is 14.8. The van der Waals surface area contributed by atoms with Gasteiger partial charge in [-0.25, -0.2) is 8.42 Å². The number of benzene rings is 1. The molecular weight excluding hydrogens is 448 g/mol. The number of carbonyl (C=O) groups excluding carboxylic acids is 2. The number of pyridine rings is 1. The van der Waals surface area contributed by atoms with Crippen molar-refractivity contribution in [2.45, 2.75) is 4.90 Å². The maximum Gasteiger partial charge on any atom is 0.264 e. The van der Waals surface area contributed by atoms with Crippen molar-refractivity contribution < 1.29 is 18.0 Å². The van der Waals surface area contributed by atoms with Crippen molar-refractivity contribution in [3.63, 3.8) is 0 Å². The van der Waals surface area contributed by atoms with Gasteiger partial charge in [0.05, 0.1) is 15.5 Å². The third kappa shape index (κ3) is 4.66. The summed E-state index contributed by atoms with van der Waals surface area (Å²) >= 11 is 1.39. The minimum absolute atomic E-state index is 0.0443. The van der Waals surface area contributed by atoms with Gasteiger partial charge in [-0.1, -0.05) is 24.3 Å². The molecule has 3 heterocycles. The fraction of sp³-hybridized carbons (Fsp3) is 0.227.